The quantitative estimate of drug-likeness (QED) is 0.570. The second kappa shape index (κ2) is 6.21. The van der Waals surface area contributed by atoms with Gasteiger partial charge in [0.05, 0.1) is 11.1 Å². The van der Waals surface area contributed by atoms with Gasteiger partial charge >= 0.3 is 5.63 Å². The molecule has 0 aliphatic carbocycles. The molecular formula is C20H14N2O5. The Balaban J connectivity index is 1.61. The minimum absolute atomic E-state index is 0.0536. The van der Waals surface area contributed by atoms with Crippen molar-refractivity contribution in [1.29, 1.82) is 0 Å². The summed E-state index contributed by atoms with van der Waals surface area (Å²) in [5.74, 6) is -1.74. The molecule has 0 saturated heterocycles. The second-order valence-electron chi connectivity index (χ2n) is 6.18. The van der Waals surface area contributed by atoms with Crippen LogP contribution >= 0.6 is 0 Å². The van der Waals surface area contributed by atoms with Gasteiger partial charge in [0.25, 0.3) is 11.8 Å². The molecule has 1 aliphatic heterocycles. The average Bonchev–Trinajstić information content (AvgIpc) is 2.92. The highest BCUT2D eigenvalue weighted by molar-refractivity contribution is 6.23. The van der Waals surface area contributed by atoms with Crippen molar-refractivity contribution in [3.8, 4) is 0 Å². The van der Waals surface area contributed by atoms with Crippen molar-refractivity contribution in [2.75, 3.05) is 5.32 Å². The van der Waals surface area contributed by atoms with Crippen LogP contribution in [0.25, 0.3) is 11.0 Å². The maximum absolute atomic E-state index is 12.6. The number of para-hydroxylation sites is 1. The lowest BCUT2D eigenvalue weighted by Crippen LogP contribution is -2.45. The van der Waals surface area contributed by atoms with Crippen LogP contribution in [0.3, 0.4) is 0 Å². The highest BCUT2D eigenvalue weighted by Gasteiger charge is 2.40. The third-order valence-corrected chi connectivity index (χ3v) is 4.49. The van der Waals surface area contributed by atoms with Crippen LogP contribution in [0.2, 0.25) is 0 Å². The molecule has 0 radical (unpaired) electrons. The number of hydrogen-bond donors (Lipinski definition) is 1. The lowest BCUT2D eigenvalue weighted by molar-refractivity contribution is -0.119. The van der Waals surface area contributed by atoms with Crippen LogP contribution < -0.4 is 10.9 Å². The molecular weight excluding hydrogens is 348 g/mol. The van der Waals surface area contributed by atoms with Gasteiger partial charge in [0, 0.05) is 5.39 Å². The summed E-state index contributed by atoms with van der Waals surface area (Å²) in [4.78, 5) is 50.6. The number of carbonyl (C=O) groups excluding carboxylic acids is 3. The number of nitrogens with one attached hydrogen (secondary N) is 1. The topological polar surface area (TPSA) is 96.7 Å². The Morgan fingerprint density at radius 3 is 2.22 bits per heavy atom. The molecule has 134 valence electrons. The zero-order valence-corrected chi connectivity index (χ0v) is 14.3. The number of benzene rings is 2. The first-order chi connectivity index (χ1) is 13.0. The van der Waals surface area contributed by atoms with Gasteiger partial charge in [-0.1, -0.05) is 30.3 Å². The van der Waals surface area contributed by atoms with Crippen LogP contribution in [0.15, 0.2) is 63.8 Å². The van der Waals surface area contributed by atoms with Gasteiger partial charge in [-0.05, 0) is 31.2 Å². The number of rotatable bonds is 3. The SMILES string of the molecule is C[C@@H](C(=O)Nc1cc2ccccc2oc1=O)N1C(=O)c2ccccc2C1=O. The van der Waals surface area contributed by atoms with Crippen LogP contribution in [-0.4, -0.2) is 28.7 Å². The van der Waals surface area contributed by atoms with Gasteiger partial charge in [0.2, 0.25) is 5.91 Å². The standard InChI is InChI=1S/C20H14N2O5/c1-11(22-18(24)13-7-3-4-8-14(13)19(22)25)17(23)21-15-10-12-6-2-5-9-16(12)27-20(15)26/h2-11H,1H3,(H,21,23)/t11-/m0/s1. The fourth-order valence-corrected chi connectivity index (χ4v) is 3.06. The molecule has 1 aliphatic rings. The van der Waals surface area contributed by atoms with Crippen LogP contribution in [0.5, 0.6) is 0 Å². The van der Waals surface area contributed by atoms with E-state index in [1.165, 1.54) is 25.1 Å². The van der Waals surface area contributed by atoms with E-state index in [1.807, 2.05) is 0 Å². The minimum Gasteiger partial charge on any atom is -0.421 e. The summed E-state index contributed by atoms with van der Waals surface area (Å²) >= 11 is 0. The molecule has 4 rings (SSSR count). The van der Waals surface area contributed by atoms with Crippen LogP contribution in [0.1, 0.15) is 27.6 Å². The van der Waals surface area contributed by atoms with Gasteiger partial charge < -0.3 is 9.73 Å². The molecule has 27 heavy (non-hydrogen) atoms. The summed E-state index contributed by atoms with van der Waals surface area (Å²) in [6.07, 6.45) is 0. The fraction of sp³-hybridized carbons (Fsp3) is 0.100. The van der Waals surface area contributed by atoms with Crippen molar-refractivity contribution in [1.82, 2.24) is 4.90 Å². The highest BCUT2D eigenvalue weighted by atomic mass is 16.4. The molecule has 0 saturated carbocycles. The molecule has 2 heterocycles. The van der Waals surface area contributed by atoms with Crippen molar-refractivity contribution >= 4 is 34.4 Å². The third kappa shape index (κ3) is 2.69. The molecule has 2 aromatic carbocycles. The van der Waals surface area contributed by atoms with E-state index in [1.54, 1.807) is 36.4 Å². The Kier molecular flexibility index (Phi) is 3.84. The molecule has 1 N–H and O–H groups in total. The van der Waals surface area contributed by atoms with Crippen molar-refractivity contribution in [3.05, 3.63) is 76.1 Å². The molecule has 1 aromatic heterocycles. The number of nitrogens with zero attached hydrogens (tertiary/aromatic N) is 1. The van der Waals surface area contributed by atoms with E-state index in [9.17, 15) is 19.2 Å². The van der Waals surface area contributed by atoms with E-state index in [0.717, 1.165) is 4.90 Å². The normalized spacial score (nSPS) is 14.3. The van der Waals surface area contributed by atoms with E-state index in [-0.39, 0.29) is 16.8 Å². The minimum atomic E-state index is -1.09. The number of carbonyl (C=O) groups is 3. The maximum atomic E-state index is 12.6. The van der Waals surface area contributed by atoms with Crippen molar-refractivity contribution in [2.45, 2.75) is 13.0 Å². The van der Waals surface area contributed by atoms with Crippen LogP contribution in [-0.2, 0) is 4.79 Å². The average molecular weight is 362 g/mol. The van der Waals surface area contributed by atoms with Gasteiger partial charge in [-0.25, -0.2) is 4.79 Å². The summed E-state index contributed by atoms with van der Waals surface area (Å²) < 4.78 is 5.17. The van der Waals surface area contributed by atoms with Crippen molar-refractivity contribution in [2.24, 2.45) is 0 Å². The van der Waals surface area contributed by atoms with Gasteiger partial charge in [-0.3, -0.25) is 19.3 Å². The Hall–Kier alpha value is -3.74. The largest absolute Gasteiger partial charge is 0.421 e. The van der Waals surface area contributed by atoms with E-state index in [4.69, 9.17) is 4.42 Å². The Labute approximate surface area is 153 Å². The van der Waals surface area contributed by atoms with Crippen molar-refractivity contribution in [3.63, 3.8) is 0 Å². The van der Waals surface area contributed by atoms with Gasteiger partial charge in [0.15, 0.2) is 0 Å². The lowest BCUT2D eigenvalue weighted by Gasteiger charge is -2.21. The molecule has 0 unspecified atom stereocenters. The van der Waals surface area contributed by atoms with E-state index in [2.05, 4.69) is 5.32 Å². The van der Waals surface area contributed by atoms with Crippen molar-refractivity contribution < 1.29 is 18.8 Å². The van der Waals surface area contributed by atoms with Crippen LogP contribution in [0, 0.1) is 0 Å². The van der Waals surface area contributed by atoms with Gasteiger partial charge in [-0.15, -0.1) is 0 Å². The summed E-state index contributed by atoms with van der Waals surface area (Å²) in [5.41, 5.74) is 0.146. The number of hydrogen-bond acceptors (Lipinski definition) is 5. The predicted molar refractivity (Wildman–Crippen MR) is 97.5 cm³/mol. The number of amides is 3. The Bertz CT molecular complexity index is 1130. The van der Waals surface area contributed by atoms with Gasteiger partial charge in [0.1, 0.15) is 17.3 Å². The molecule has 0 spiro atoms. The zero-order chi connectivity index (χ0) is 19.1. The summed E-state index contributed by atoms with van der Waals surface area (Å²) in [6, 6.07) is 13.7. The maximum Gasteiger partial charge on any atom is 0.360 e. The summed E-state index contributed by atoms with van der Waals surface area (Å²) in [7, 11) is 0. The molecule has 7 nitrogen and oxygen atoms in total. The second-order valence-corrected chi connectivity index (χ2v) is 6.18. The number of fused-ring (bicyclic) bond motifs is 2. The molecule has 1 atom stereocenters. The predicted octanol–water partition coefficient (Wildman–Crippen LogP) is 2.42. The number of anilines is 1. The first-order valence-corrected chi connectivity index (χ1v) is 8.28. The van der Waals surface area contributed by atoms with E-state index >= 15 is 0 Å². The number of imide groups is 1. The van der Waals surface area contributed by atoms with E-state index in [0.29, 0.717) is 11.0 Å². The molecule has 3 aromatic rings. The molecule has 0 bridgehead atoms. The fourth-order valence-electron chi connectivity index (χ4n) is 3.06. The van der Waals surface area contributed by atoms with Crippen LogP contribution in [0.4, 0.5) is 5.69 Å². The third-order valence-electron chi connectivity index (χ3n) is 4.49. The highest BCUT2D eigenvalue weighted by Crippen LogP contribution is 2.25. The first kappa shape index (κ1) is 16.7. The molecule has 7 heteroatoms. The molecule has 0 fully saturated rings. The smallest absolute Gasteiger partial charge is 0.360 e. The Morgan fingerprint density at radius 2 is 1.56 bits per heavy atom. The van der Waals surface area contributed by atoms with E-state index < -0.39 is 29.4 Å². The zero-order valence-electron chi connectivity index (χ0n) is 14.3. The summed E-state index contributed by atoms with van der Waals surface area (Å²) in [5, 5.41) is 3.10. The van der Waals surface area contributed by atoms with Gasteiger partial charge in [-0.2, -0.15) is 0 Å². The molecule has 3 amide bonds. The summed E-state index contributed by atoms with van der Waals surface area (Å²) in [6.45, 7) is 1.43. The monoisotopic (exact) mass is 362 g/mol. The lowest BCUT2D eigenvalue weighted by atomic mass is 10.1. The first-order valence-electron chi connectivity index (χ1n) is 8.28. The Morgan fingerprint density at radius 1 is 0.963 bits per heavy atom.